The number of rotatable bonds is 7. The Morgan fingerprint density at radius 1 is 1.15 bits per heavy atom. The maximum absolute atomic E-state index is 9.78. The summed E-state index contributed by atoms with van der Waals surface area (Å²) in [6, 6.07) is 13.4. The Morgan fingerprint density at radius 2 is 1.89 bits per heavy atom. The molecule has 0 spiro atoms. The van der Waals surface area contributed by atoms with Gasteiger partial charge in [-0.2, -0.15) is 0 Å². The monoisotopic (exact) mass is 409 g/mol. The summed E-state index contributed by atoms with van der Waals surface area (Å²) >= 11 is 12.2. The highest BCUT2D eigenvalue weighted by atomic mass is 35.5. The van der Waals surface area contributed by atoms with Crippen LogP contribution in [0.2, 0.25) is 10.0 Å². The molecular formula is C21H25Cl2NO3. The van der Waals surface area contributed by atoms with Gasteiger partial charge in [0, 0.05) is 19.0 Å². The lowest BCUT2D eigenvalue weighted by Gasteiger charge is -2.24. The molecule has 0 aromatic heterocycles. The van der Waals surface area contributed by atoms with E-state index in [9.17, 15) is 5.11 Å². The number of hydrogen-bond donors (Lipinski definition) is 2. The first kappa shape index (κ1) is 20.3. The summed E-state index contributed by atoms with van der Waals surface area (Å²) in [5.74, 6) is 1.82. The van der Waals surface area contributed by atoms with Gasteiger partial charge in [-0.1, -0.05) is 55.2 Å². The molecule has 4 nitrogen and oxygen atoms in total. The van der Waals surface area contributed by atoms with Gasteiger partial charge in [-0.05, 0) is 35.7 Å². The van der Waals surface area contributed by atoms with E-state index < -0.39 is 6.10 Å². The zero-order valence-electron chi connectivity index (χ0n) is 15.5. The Kier molecular flexibility index (Phi) is 6.88. The van der Waals surface area contributed by atoms with Gasteiger partial charge < -0.3 is 19.9 Å². The Labute approximate surface area is 170 Å². The molecule has 1 saturated heterocycles. The van der Waals surface area contributed by atoms with Crippen LogP contribution in [0.4, 0.5) is 0 Å². The first-order valence-corrected chi connectivity index (χ1v) is 9.95. The highest BCUT2D eigenvalue weighted by Crippen LogP contribution is 2.33. The second-order valence-corrected chi connectivity index (χ2v) is 7.89. The van der Waals surface area contributed by atoms with Crippen LogP contribution in [0.5, 0.6) is 11.5 Å². The lowest BCUT2D eigenvalue weighted by molar-refractivity contribution is 0.0850. The summed E-state index contributed by atoms with van der Waals surface area (Å²) in [5.41, 5.74) is 1.29. The molecule has 27 heavy (non-hydrogen) atoms. The van der Waals surface area contributed by atoms with E-state index in [4.69, 9.17) is 32.7 Å². The first-order valence-electron chi connectivity index (χ1n) is 9.19. The van der Waals surface area contributed by atoms with Crippen molar-refractivity contribution in [2.24, 2.45) is 0 Å². The van der Waals surface area contributed by atoms with Crippen molar-refractivity contribution < 1.29 is 14.6 Å². The van der Waals surface area contributed by atoms with Crippen LogP contribution < -0.4 is 14.8 Å². The van der Waals surface area contributed by atoms with Crippen molar-refractivity contribution in [2.45, 2.75) is 44.4 Å². The molecule has 1 heterocycles. The third-order valence-corrected chi connectivity index (χ3v) is 5.60. The molecular weight excluding hydrogens is 385 g/mol. The minimum atomic E-state index is -0.433. The third kappa shape index (κ3) is 5.08. The third-order valence-electron chi connectivity index (χ3n) is 4.80. The van der Waals surface area contributed by atoms with E-state index in [1.807, 2.05) is 12.1 Å². The van der Waals surface area contributed by atoms with Gasteiger partial charge >= 0.3 is 0 Å². The van der Waals surface area contributed by atoms with Crippen molar-refractivity contribution in [3.8, 4) is 11.5 Å². The van der Waals surface area contributed by atoms with E-state index in [1.54, 1.807) is 18.2 Å². The van der Waals surface area contributed by atoms with Crippen LogP contribution in [-0.4, -0.2) is 36.5 Å². The van der Waals surface area contributed by atoms with Crippen LogP contribution in [-0.2, 0) is 0 Å². The zero-order chi connectivity index (χ0) is 19.4. The Balaban J connectivity index is 1.59. The minimum absolute atomic E-state index is 0.0207. The number of ether oxygens (including phenoxy) is 2. The number of halogens is 2. The molecule has 2 aromatic rings. The van der Waals surface area contributed by atoms with Crippen LogP contribution in [0.3, 0.4) is 0 Å². The Bertz CT molecular complexity index is 752. The van der Waals surface area contributed by atoms with Crippen LogP contribution >= 0.6 is 23.2 Å². The molecule has 1 aliphatic rings. The molecule has 2 unspecified atom stereocenters. The topological polar surface area (TPSA) is 50.7 Å². The Hall–Kier alpha value is -1.46. The van der Waals surface area contributed by atoms with Crippen LogP contribution in [0.25, 0.3) is 0 Å². The molecule has 1 aliphatic heterocycles. The van der Waals surface area contributed by atoms with Gasteiger partial charge in [-0.15, -0.1) is 0 Å². The normalized spacial score (nSPS) is 20.7. The number of aliphatic hydroxyl groups excluding tert-OH is 1. The number of benzene rings is 2. The number of aliphatic hydroxyl groups is 1. The molecule has 0 amide bonds. The second kappa shape index (κ2) is 9.16. The summed E-state index contributed by atoms with van der Waals surface area (Å²) < 4.78 is 12.0. The smallest absolute Gasteiger partial charge is 0.140 e. The van der Waals surface area contributed by atoms with E-state index in [2.05, 4.69) is 31.3 Å². The van der Waals surface area contributed by atoms with Gasteiger partial charge in [0.25, 0.3) is 0 Å². The van der Waals surface area contributed by atoms with Crippen molar-refractivity contribution in [2.75, 3.05) is 13.2 Å². The standard InChI is InChI=1S/C21H25Cl2NO3/c1-13(2)14-6-8-15(9-7-14)26-16-10-18(24-11-16)20(12-25)27-19-5-3-4-17(22)21(19)23/h3-9,13,16,18,20,24-25H,10-12H2,1-2H3/t16-,18?,20?/m0/s1. The van der Waals surface area contributed by atoms with E-state index in [-0.39, 0.29) is 18.8 Å². The largest absolute Gasteiger partial charge is 0.489 e. The SMILES string of the molecule is CC(C)c1ccc(O[C@@H]2CNC(C(CO)Oc3cccc(Cl)c3Cl)C2)cc1. The molecule has 0 saturated carbocycles. The molecule has 3 atom stereocenters. The van der Waals surface area contributed by atoms with Crippen LogP contribution in [0.1, 0.15) is 31.7 Å². The molecule has 6 heteroatoms. The van der Waals surface area contributed by atoms with Gasteiger partial charge in [-0.3, -0.25) is 0 Å². The molecule has 3 rings (SSSR count). The summed E-state index contributed by atoms with van der Waals surface area (Å²) in [6.07, 6.45) is 0.320. The maximum atomic E-state index is 9.78. The van der Waals surface area contributed by atoms with Gasteiger partial charge in [0.1, 0.15) is 28.7 Å². The Morgan fingerprint density at radius 3 is 2.56 bits per heavy atom. The van der Waals surface area contributed by atoms with E-state index >= 15 is 0 Å². The van der Waals surface area contributed by atoms with Crippen molar-refractivity contribution in [1.82, 2.24) is 5.32 Å². The van der Waals surface area contributed by atoms with E-state index in [0.29, 0.717) is 28.3 Å². The molecule has 146 valence electrons. The van der Waals surface area contributed by atoms with Crippen molar-refractivity contribution in [3.05, 3.63) is 58.1 Å². The van der Waals surface area contributed by atoms with Crippen molar-refractivity contribution in [1.29, 1.82) is 0 Å². The molecule has 2 aromatic carbocycles. The molecule has 0 radical (unpaired) electrons. The first-order chi connectivity index (χ1) is 13.0. The van der Waals surface area contributed by atoms with Crippen molar-refractivity contribution in [3.63, 3.8) is 0 Å². The highest BCUT2D eigenvalue weighted by Gasteiger charge is 2.33. The fourth-order valence-electron chi connectivity index (χ4n) is 3.21. The van der Waals surface area contributed by atoms with Crippen molar-refractivity contribution >= 4 is 23.2 Å². The summed E-state index contributed by atoms with van der Waals surface area (Å²) in [5, 5.41) is 13.9. The van der Waals surface area contributed by atoms with Gasteiger partial charge in [-0.25, -0.2) is 0 Å². The fourth-order valence-corrected chi connectivity index (χ4v) is 3.55. The summed E-state index contributed by atoms with van der Waals surface area (Å²) in [7, 11) is 0. The predicted molar refractivity (Wildman–Crippen MR) is 109 cm³/mol. The van der Waals surface area contributed by atoms with E-state index in [1.165, 1.54) is 5.56 Å². The number of hydrogen-bond acceptors (Lipinski definition) is 4. The molecule has 0 bridgehead atoms. The molecule has 2 N–H and O–H groups in total. The summed E-state index contributed by atoms with van der Waals surface area (Å²) in [6.45, 7) is 4.90. The second-order valence-electron chi connectivity index (χ2n) is 7.10. The number of nitrogens with one attached hydrogen (secondary N) is 1. The maximum Gasteiger partial charge on any atom is 0.140 e. The minimum Gasteiger partial charge on any atom is -0.489 e. The highest BCUT2D eigenvalue weighted by molar-refractivity contribution is 6.42. The zero-order valence-corrected chi connectivity index (χ0v) is 17.0. The van der Waals surface area contributed by atoms with Gasteiger partial charge in [0.05, 0.1) is 11.6 Å². The fraction of sp³-hybridized carbons (Fsp3) is 0.429. The lowest BCUT2D eigenvalue weighted by Crippen LogP contribution is -2.41. The van der Waals surface area contributed by atoms with Gasteiger partial charge in [0.2, 0.25) is 0 Å². The van der Waals surface area contributed by atoms with Crippen LogP contribution in [0.15, 0.2) is 42.5 Å². The van der Waals surface area contributed by atoms with Gasteiger partial charge in [0.15, 0.2) is 0 Å². The quantitative estimate of drug-likeness (QED) is 0.697. The average Bonchev–Trinajstić information content (AvgIpc) is 3.11. The molecule has 1 fully saturated rings. The lowest BCUT2D eigenvalue weighted by atomic mass is 10.0. The predicted octanol–water partition coefficient (Wildman–Crippen LogP) is 4.67. The summed E-state index contributed by atoms with van der Waals surface area (Å²) in [4.78, 5) is 0. The molecule has 0 aliphatic carbocycles. The van der Waals surface area contributed by atoms with E-state index in [0.717, 1.165) is 12.2 Å². The average molecular weight is 410 g/mol. The van der Waals surface area contributed by atoms with Crippen LogP contribution in [0, 0.1) is 0 Å².